The Morgan fingerprint density at radius 1 is 1.21 bits per heavy atom. The number of allylic oxidation sites excluding steroid dienone is 1. The van der Waals surface area contributed by atoms with Gasteiger partial charge in [0.1, 0.15) is 11.6 Å². The SMILES string of the molecule is CC1=Cc2c(ccc(Oc3nc(N)cc(Nc4cc(C5CC5)[nH]n4)n3)c2F)C1. The number of halogens is 1. The van der Waals surface area contributed by atoms with E-state index in [2.05, 4.69) is 25.5 Å². The minimum Gasteiger partial charge on any atom is -0.421 e. The first-order chi connectivity index (χ1) is 13.5. The number of hydrogen-bond donors (Lipinski definition) is 3. The first-order valence-corrected chi connectivity index (χ1v) is 9.18. The summed E-state index contributed by atoms with van der Waals surface area (Å²) in [7, 11) is 0. The van der Waals surface area contributed by atoms with E-state index < -0.39 is 5.82 Å². The third kappa shape index (κ3) is 3.17. The topological polar surface area (TPSA) is 102 Å². The highest BCUT2D eigenvalue weighted by Gasteiger charge is 2.25. The zero-order valence-electron chi connectivity index (χ0n) is 15.3. The maximum atomic E-state index is 14.8. The van der Waals surface area contributed by atoms with Gasteiger partial charge in [-0.2, -0.15) is 15.1 Å². The number of H-pyrrole nitrogens is 1. The lowest BCUT2D eigenvalue weighted by atomic mass is 10.1. The monoisotopic (exact) mass is 378 g/mol. The third-order valence-electron chi connectivity index (χ3n) is 4.89. The van der Waals surface area contributed by atoms with Gasteiger partial charge in [-0.25, -0.2) is 4.39 Å². The van der Waals surface area contributed by atoms with Crippen molar-refractivity contribution in [2.45, 2.75) is 32.1 Å². The van der Waals surface area contributed by atoms with Gasteiger partial charge < -0.3 is 15.8 Å². The molecule has 1 fully saturated rings. The Kier molecular flexibility index (Phi) is 3.78. The van der Waals surface area contributed by atoms with Gasteiger partial charge in [0.15, 0.2) is 17.4 Å². The molecule has 5 rings (SSSR count). The molecule has 0 atom stereocenters. The fourth-order valence-corrected chi connectivity index (χ4v) is 3.39. The van der Waals surface area contributed by atoms with Crippen LogP contribution in [-0.4, -0.2) is 20.2 Å². The van der Waals surface area contributed by atoms with Gasteiger partial charge in [-0.3, -0.25) is 5.10 Å². The van der Waals surface area contributed by atoms with Crippen LogP contribution in [0.25, 0.3) is 6.08 Å². The summed E-state index contributed by atoms with van der Waals surface area (Å²) in [4.78, 5) is 8.34. The fourth-order valence-electron chi connectivity index (χ4n) is 3.39. The van der Waals surface area contributed by atoms with E-state index in [-0.39, 0.29) is 17.6 Å². The number of rotatable bonds is 5. The van der Waals surface area contributed by atoms with Gasteiger partial charge in [0.05, 0.1) is 0 Å². The Morgan fingerprint density at radius 2 is 2.07 bits per heavy atom. The Labute approximate surface area is 160 Å². The van der Waals surface area contributed by atoms with Gasteiger partial charge in [0.25, 0.3) is 0 Å². The van der Waals surface area contributed by atoms with Crippen molar-refractivity contribution in [1.29, 1.82) is 0 Å². The van der Waals surface area contributed by atoms with Crippen LogP contribution in [-0.2, 0) is 6.42 Å². The molecular formula is C20H19FN6O. The highest BCUT2D eigenvalue weighted by atomic mass is 19.1. The number of nitrogen functional groups attached to an aromatic ring is 1. The first-order valence-electron chi connectivity index (χ1n) is 9.18. The second kappa shape index (κ2) is 6.33. The summed E-state index contributed by atoms with van der Waals surface area (Å²) < 4.78 is 20.4. The molecule has 1 aromatic carbocycles. The van der Waals surface area contributed by atoms with E-state index in [0.717, 1.165) is 23.3 Å². The normalized spacial score (nSPS) is 15.3. The van der Waals surface area contributed by atoms with Crippen LogP contribution < -0.4 is 15.8 Å². The number of ether oxygens (including phenoxy) is 1. The highest BCUT2D eigenvalue weighted by molar-refractivity contribution is 5.66. The molecule has 3 aromatic rings. The van der Waals surface area contributed by atoms with E-state index in [4.69, 9.17) is 10.5 Å². The minimum atomic E-state index is -0.420. The lowest BCUT2D eigenvalue weighted by Gasteiger charge is -2.10. The first kappa shape index (κ1) is 16.7. The number of nitrogens with zero attached hydrogens (tertiary/aromatic N) is 3. The Balaban J connectivity index is 1.39. The Hall–Kier alpha value is -3.42. The number of fused-ring (bicyclic) bond motifs is 1. The van der Waals surface area contributed by atoms with E-state index in [1.807, 2.05) is 25.1 Å². The summed E-state index contributed by atoms with van der Waals surface area (Å²) in [5, 5.41) is 10.3. The molecule has 8 heteroatoms. The fraction of sp³-hybridized carbons (Fsp3) is 0.250. The zero-order valence-corrected chi connectivity index (χ0v) is 15.3. The molecular weight excluding hydrogens is 359 g/mol. The average Bonchev–Trinajstić information content (AvgIpc) is 3.27. The molecule has 2 aliphatic carbocycles. The maximum Gasteiger partial charge on any atom is 0.326 e. The van der Waals surface area contributed by atoms with Gasteiger partial charge in [-0.05, 0) is 37.8 Å². The highest BCUT2D eigenvalue weighted by Crippen LogP contribution is 2.39. The molecule has 7 nitrogen and oxygen atoms in total. The van der Waals surface area contributed by atoms with Crippen molar-refractivity contribution < 1.29 is 9.13 Å². The molecule has 0 spiro atoms. The molecule has 0 bridgehead atoms. The second-order valence-electron chi connectivity index (χ2n) is 7.29. The summed E-state index contributed by atoms with van der Waals surface area (Å²) in [5.41, 5.74) is 9.59. The Bertz CT molecular complexity index is 1100. The van der Waals surface area contributed by atoms with Crippen LogP contribution in [0, 0.1) is 5.82 Å². The lowest BCUT2D eigenvalue weighted by molar-refractivity contribution is 0.411. The molecule has 0 radical (unpaired) electrons. The van der Waals surface area contributed by atoms with Gasteiger partial charge in [-0.15, -0.1) is 0 Å². The summed E-state index contributed by atoms with van der Waals surface area (Å²) in [5.74, 6) is 1.48. The molecule has 0 unspecified atom stereocenters. The smallest absolute Gasteiger partial charge is 0.326 e. The number of hydrogen-bond acceptors (Lipinski definition) is 6. The zero-order chi connectivity index (χ0) is 19.3. The number of aromatic nitrogens is 4. The van der Waals surface area contributed by atoms with Crippen molar-refractivity contribution in [2.24, 2.45) is 0 Å². The number of benzene rings is 1. The summed E-state index contributed by atoms with van der Waals surface area (Å²) in [6, 6.07) is 6.94. The third-order valence-corrected chi connectivity index (χ3v) is 4.89. The molecule has 4 N–H and O–H groups in total. The van der Waals surface area contributed by atoms with E-state index in [1.165, 1.54) is 12.8 Å². The summed E-state index contributed by atoms with van der Waals surface area (Å²) >= 11 is 0. The summed E-state index contributed by atoms with van der Waals surface area (Å²) in [6.07, 6.45) is 4.95. The van der Waals surface area contributed by atoms with Crippen LogP contribution in [0.3, 0.4) is 0 Å². The van der Waals surface area contributed by atoms with Crippen molar-refractivity contribution in [1.82, 2.24) is 20.2 Å². The average molecular weight is 378 g/mol. The number of nitrogens with one attached hydrogen (secondary N) is 2. The van der Waals surface area contributed by atoms with Crippen molar-refractivity contribution in [3.8, 4) is 11.8 Å². The number of nitrogens with two attached hydrogens (primary N) is 1. The molecule has 142 valence electrons. The van der Waals surface area contributed by atoms with Crippen molar-refractivity contribution in [3.05, 3.63) is 52.5 Å². The molecule has 2 aromatic heterocycles. The molecule has 2 aliphatic rings. The van der Waals surface area contributed by atoms with E-state index in [9.17, 15) is 4.39 Å². The molecule has 0 aliphatic heterocycles. The number of anilines is 3. The van der Waals surface area contributed by atoms with Crippen molar-refractivity contribution in [2.75, 3.05) is 11.1 Å². The maximum absolute atomic E-state index is 14.8. The second-order valence-corrected chi connectivity index (χ2v) is 7.29. The molecule has 2 heterocycles. The summed E-state index contributed by atoms with van der Waals surface area (Å²) in [6.45, 7) is 1.97. The van der Waals surface area contributed by atoms with Gasteiger partial charge in [0, 0.05) is 29.3 Å². The Morgan fingerprint density at radius 3 is 2.89 bits per heavy atom. The molecule has 1 saturated carbocycles. The molecule has 0 amide bonds. The lowest BCUT2D eigenvalue weighted by Crippen LogP contribution is -2.02. The van der Waals surface area contributed by atoms with Crippen LogP contribution >= 0.6 is 0 Å². The minimum absolute atomic E-state index is 0.0296. The largest absolute Gasteiger partial charge is 0.421 e. The van der Waals surface area contributed by atoms with Crippen LogP contribution in [0.2, 0.25) is 0 Å². The van der Waals surface area contributed by atoms with Crippen molar-refractivity contribution in [3.63, 3.8) is 0 Å². The van der Waals surface area contributed by atoms with Gasteiger partial charge in [-0.1, -0.05) is 17.7 Å². The van der Waals surface area contributed by atoms with Crippen LogP contribution in [0.1, 0.15) is 42.5 Å². The predicted octanol–water partition coefficient (Wildman–Crippen LogP) is 4.29. The van der Waals surface area contributed by atoms with E-state index in [1.54, 1.807) is 12.1 Å². The van der Waals surface area contributed by atoms with Crippen LogP contribution in [0.4, 0.5) is 21.8 Å². The molecule has 0 saturated heterocycles. The predicted molar refractivity (Wildman–Crippen MR) is 104 cm³/mol. The quantitative estimate of drug-likeness (QED) is 0.612. The van der Waals surface area contributed by atoms with Gasteiger partial charge >= 0.3 is 6.01 Å². The van der Waals surface area contributed by atoms with Crippen LogP contribution in [0.15, 0.2) is 29.8 Å². The standard InChI is InChI=1S/C20H19FN6O/c1-10-6-12-4-5-15(19(21)13(12)7-10)28-20-23-16(22)9-17(25-20)24-18-8-14(26-27-18)11-2-3-11/h4-5,7-9,11H,2-3,6H2,1H3,(H4,22,23,24,25,26,27). The molecule has 28 heavy (non-hydrogen) atoms. The van der Waals surface area contributed by atoms with Crippen LogP contribution in [0.5, 0.6) is 11.8 Å². The number of aromatic amines is 1. The van der Waals surface area contributed by atoms with E-state index >= 15 is 0 Å². The van der Waals surface area contributed by atoms with E-state index in [0.29, 0.717) is 23.1 Å². The van der Waals surface area contributed by atoms with Gasteiger partial charge in [0.2, 0.25) is 0 Å². The van der Waals surface area contributed by atoms with Crippen molar-refractivity contribution >= 4 is 23.5 Å².